The van der Waals surface area contributed by atoms with E-state index in [1.165, 1.54) is 6.42 Å². The summed E-state index contributed by atoms with van der Waals surface area (Å²) in [5.74, 6) is 6.96. The van der Waals surface area contributed by atoms with E-state index in [0.29, 0.717) is 24.4 Å². The van der Waals surface area contributed by atoms with E-state index >= 15 is 0 Å². The van der Waals surface area contributed by atoms with Crippen molar-refractivity contribution in [3.8, 4) is 0 Å². The summed E-state index contributed by atoms with van der Waals surface area (Å²) in [5, 5.41) is 3.16. The summed E-state index contributed by atoms with van der Waals surface area (Å²) in [4.78, 5) is 15.2. The largest absolute Gasteiger partial charge is 0.472 e. The number of hydrogen-bond acceptors (Lipinski definition) is 8. The third-order valence-corrected chi connectivity index (χ3v) is 3.42. The van der Waals surface area contributed by atoms with Gasteiger partial charge in [0.2, 0.25) is 17.8 Å². The number of rotatable bonds is 5. The first-order valence-electron chi connectivity index (χ1n) is 7.08. The number of hydrazine groups is 1. The molecule has 1 aliphatic heterocycles. The molecule has 0 radical (unpaired) electrons. The van der Waals surface area contributed by atoms with Crippen LogP contribution >= 0.6 is 0 Å². The van der Waals surface area contributed by atoms with Gasteiger partial charge in [-0.3, -0.25) is 5.43 Å². The van der Waals surface area contributed by atoms with Crippen LogP contribution in [0.3, 0.4) is 0 Å². The minimum Gasteiger partial charge on any atom is -0.472 e. The summed E-state index contributed by atoms with van der Waals surface area (Å²) in [6.07, 6.45) is 6.90. The molecule has 4 N–H and O–H groups in total. The lowest BCUT2D eigenvalue weighted by Gasteiger charge is -2.26. The van der Waals surface area contributed by atoms with Gasteiger partial charge in [0, 0.05) is 25.2 Å². The Hall–Kier alpha value is -2.35. The second-order valence-corrected chi connectivity index (χ2v) is 4.96. The number of hydrogen-bond donors (Lipinski definition) is 3. The Kier molecular flexibility index (Phi) is 4.15. The van der Waals surface area contributed by atoms with Crippen molar-refractivity contribution in [2.24, 2.45) is 5.84 Å². The lowest BCUT2D eigenvalue weighted by molar-refractivity contribution is 0.564. The van der Waals surface area contributed by atoms with E-state index in [0.717, 1.165) is 31.5 Å². The quantitative estimate of drug-likeness (QED) is 0.559. The second kappa shape index (κ2) is 6.40. The van der Waals surface area contributed by atoms with Crippen LogP contribution in [-0.4, -0.2) is 28.0 Å². The topological polar surface area (TPSA) is 105 Å². The van der Waals surface area contributed by atoms with Crippen molar-refractivity contribution >= 4 is 17.8 Å². The average Bonchev–Trinajstić information content (AvgIpc) is 3.07. The predicted molar refractivity (Wildman–Crippen MR) is 79.7 cm³/mol. The van der Waals surface area contributed by atoms with Crippen molar-refractivity contribution < 1.29 is 4.42 Å². The summed E-state index contributed by atoms with van der Waals surface area (Å²) in [6, 6.07) is 1.89. The highest BCUT2D eigenvalue weighted by Crippen LogP contribution is 2.18. The van der Waals surface area contributed by atoms with Gasteiger partial charge in [-0.25, -0.2) is 5.84 Å². The Bertz CT molecular complexity index is 566. The Morgan fingerprint density at radius 3 is 2.67 bits per heavy atom. The second-order valence-electron chi connectivity index (χ2n) is 4.96. The molecule has 0 unspecified atom stereocenters. The van der Waals surface area contributed by atoms with Crippen LogP contribution in [0.4, 0.5) is 17.8 Å². The lowest BCUT2D eigenvalue weighted by Crippen LogP contribution is -2.31. The molecule has 0 amide bonds. The van der Waals surface area contributed by atoms with Gasteiger partial charge in [-0.15, -0.1) is 0 Å². The van der Waals surface area contributed by atoms with Crippen molar-refractivity contribution in [2.45, 2.75) is 25.8 Å². The number of piperidine rings is 1. The highest BCUT2D eigenvalue weighted by molar-refractivity contribution is 5.43. The first-order chi connectivity index (χ1) is 10.3. The van der Waals surface area contributed by atoms with Gasteiger partial charge in [-0.05, 0) is 25.3 Å². The highest BCUT2D eigenvalue weighted by Gasteiger charge is 2.16. The maximum absolute atomic E-state index is 5.44. The van der Waals surface area contributed by atoms with Gasteiger partial charge in [0.15, 0.2) is 0 Å². The molecule has 2 aromatic rings. The van der Waals surface area contributed by atoms with Gasteiger partial charge >= 0.3 is 0 Å². The molecule has 8 heteroatoms. The summed E-state index contributed by atoms with van der Waals surface area (Å²) in [5.41, 5.74) is 3.52. The normalized spacial score (nSPS) is 15.0. The molecule has 112 valence electrons. The van der Waals surface area contributed by atoms with Crippen molar-refractivity contribution in [3.05, 3.63) is 24.2 Å². The molecule has 3 heterocycles. The van der Waals surface area contributed by atoms with Crippen LogP contribution in [0.15, 0.2) is 23.0 Å². The molecule has 8 nitrogen and oxygen atoms in total. The van der Waals surface area contributed by atoms with Gasteiger partial charge in [0.25, 0.3) is 0 Å². The van der Waals surface area contributed by atoms with Crippen LogP contribution in [0.5, 0.6) is 0 Å². The van der Waals surface area contributed by atoms with Crippen LogP contribution in [0, 0.1) is 0 Å². The van der Waals surface area contributed by atoms with Crippen LogP contribution in [0.1, 0.15) is 24.8 Å². The number of nitrogens with one attached hydrogen (secondary N) is 2. The monoisotopic (exact) mass is 289 g/mol. The molecule has 0 spiro atoms. The molecule has 0 aromatic carbocycles. The summed E-state index contributed by atoms with van der Waals surface area (Å²) < 4.78 is 5.03. The summed E-state index contributed by atoms with van der Waals surface area (Å²) in [6.45, 7) is 2.52. The molecule has 0 atom stereocenters. The fraction of sp³-hybridized carbons (Fsp3) is 0.462. The maximum atomic E-state index is 5.44. The fourth-order valence-corrected chi connectivity index (χ4v) is 2.32. The summed E-state index contributed by atoms with van der Waals surface area (Å²) in [7, 11) is 0. The molecule has 1 aliphatic rings. The van der Waals surface area contributed by atoms with Gasteiger partial charge in [0.1, 0.15) is 0 Å². The van der Waals surface area contributed by atoms with Gasteiger partial charge in [-0.2, -0.15) is 15.0 Å². The highest BCUT2D eigenvalue weighted by atomic mass is 16.3. The van der Waals surface area contributed by atoms with E-state index in [1.807, 2.05) is 6.07 Å². The molecular weight excluding hydrogens is 270 g/mol. The van der Waals surface area contributed by atoms with Crippen LogP contribution < -0.4 is 21.5 Å². The van der Waals surface area contributed by atoms with Crippen molar-refractivity contribution in [1.29, 1.82) is 0 Å². The Balaban J connectivity index is 1.75. The van der Waals surface area contributed by atoms with Crippen LogP contribution in [0.2, 0.25) is 0 Å². The van der Waals surface area contributed by atoms with Crippen molar-refractivity contribution in [2.75, 3.05) is 28.7 Å². The number of nitrogens with zero attached hydrogens (tertiary/aromatic N) is 4. The number of nitrogen functional groups attached to an aromatic ring is 1. The zero-order chi connectivity index (χ0) is 14.5. The average molecular weight is 289 g/mol. The van der Waals surface area contributed by atoms with Crippen LogP contribution in [-0.2, 0) is 6.54 Å². The minimum absolute atomic E-state index is 0.361. The third kappa shape index (κ3) is 3.40. The smallest absolute Gasteiger partial charge is 0.243 e. The van der Waals surface area contributed by atoms with E-state index in [4.69, 9.17) is 10.3 Å². The van der Waals surface area contributed by atoms with E-state index in [2.05, 4.69) is 30.6 Å². The Morgan fingerprint density at radius 1 is 1.14 bits per heavy atom. The number of furan rings is 1. The van der Waals surface area contributed by atoms with E-state index in [-0.39, 0.29) is 0 Å². The predicted octanol–water partition coefficient (Wildman–Crippen LogP) is 1.35. The zero-order valence-electron chi connectivity index (χ0n) is 11.7. The first kappa shape index (κ1) is 13.6. The van der Waals surface area contributed by atoms with E-state index < -0.39 is 0 Å². The van der Waals surface area contributed by atoms with Gasteiger partial charge in [-0.1, -0.05) is 0 Å². The maximum Gasteiger partial charge on any atom is 0.243 e. The minimum atomic E-state index is 0.361. The number of anilines is 3. The fourth-order valence-electron chi connectivity index (χ4n) is 2.32. The SMILES string of the molecule is NNc1nc(NCc2ccoc2)nc(N2CCCCC2)n1. The molecule has 1 fully saturated rings. The Morgan fingerprint density at radius 2 is 1.95 bits per heavy atom. The third-order valence-electron chi connectivity index (χ3n) is 3.42. The standard InChI is InChI=1S/C13H19N7O/c14-19-12-16-11(15-8-10-4-7-21-9-10)17-13(18-12)20-5-2-1-3-6-20/h4,7,9H,1-3,5-6,8,14H2,(H2,15,16,17,18,19). The van der Waals surface area contributed by atoms with Gasteiger partial charge in [0.05, 0.1) is 12.5 Å². The van der Waals surface area contributed by atoms with E-state index in [1.54, 1.807) is 12.5 Å². The van der Waals surface area contributed by atoms with E-state index in [9.17, 15) is 0 Å². The first-order valence-corrected chi connectivity index (χ1v) is 7.08. The van der Waals surface area contributed by atoms with Crippen LogP contribution in [0.25, 0.3) is 0 Å². The summed E-state index contributed by atoms with van der Waals surface area (Å²) >= 11 is 0. The molecule has 3 rings (SSSR count). The molecular formula is C13H19N7O. The molecule has 0 saturated carbocycles. The van der Waals surface area contributed by atoms with Crippen molar-refractivity contribution in [1.82, 2.24) is 15.0 Å². The zero-order valence-corrected chi connectivity index (χ0v) is 11.7. The number of nitrogens with two attached hydrogens (primary N) is 1. The van der Waals surface area contributed by atoms with Crippen molar-refractivity contribution in [3.63, 3.8) is 0 Å². The molecule has 2 aromatic heterocycles. The Labute approximate surface area is 122 Å². The molecule has 0 aliphatic carbocycles. The molecule has 21 heavy (non-hydrogen) atoms. The van der Waals surface area contributed by atoms with Gasteiger partial charge < -0.3 is 14.6 Å². The lowest BCUT2D eigenvalue weighted by atomic mass is 10.1. The molecule has 1 saturated heterocycles. The molecule has 0 bridgehead atoms. The number of aromatic nitrogens is 3.